The number of ketones is 1. The van der Waals surface area contributed by atoms with Crippen molar-refractivity contribution >= 4 is 21.7 Å². The van der Waals surface area contributed by atoms with Crippen molar-refractivity contribution in [3.8, 4) is 11.5 Å². The third-order valence-corrected chi connectivity index (χ3v) is 5.62. The van der Waals surface area contributed by atoms with E-state index in [1.807, 2.05) is 12.1 Å². The Morgan fingerprint density at radius 1 is 1.21 bits per heavy atom. The van der Waals surface area contributed by atoms with E-state index < -0.39 is 0 Å². The van der Waals surface area contributed by atoms with E-state index >= 15 is 0 Å². The number of piperidine rings is 2. The highest BCUT2D eigenvalue weighted by Gasteiger charge is 2.37. The highest BCUT2D eigenvalue weighted by Crippen LogP contribution is 2.43. The molecule has 0 saturated carbocycles. The van der Waals surface area contributed by atoms with Gasteiger partial charge in [-0.25, -0.2) is 0 Å². The third-order valence-electron chi connectivity index (χ3n) is 4.93. The predicted octanol–water partition coefficient (Wildman–Crippen LogP) is 3.70. The lowest BCUT2D eigenvalue weighted by Crippen LogP contribution is -2.47. The maximum atomic E-state index is 12.3. The van der Waals surface area contributed by atoms with E-state index in [4.69, 9.17) is 14.2 Å². The molecule has 0 aliphatic carbocycles. The van der Waals surface area contributed by atoms with E-state index in [1.165, 1.54) is 12.8 Å². The molecule has 2 fully saturated rings. The van der Waals surface area contributed by atoms with E-state index in [1.54, 1.807) is 14.2 Å². The molecule has 3 rings (SSSR count). The van der Waals surface area contributed by atoms with Crippen molar-refractivity contribution in [2.45, 2.75) is 44.2 Å². The van der Waals surface area contributed by atoms with Crippen LogP contribution in [0.25, 0.3) is 0 Å². The number of carbonyl (C=O) groups is 1. The Hall–Kier alpha value is -1.11. The van der Waals surface area contributed by atoms with Gasteiger partial charge in [0.2, 0.25) is 0 Å². The summed E-state index contributed by atoms with van der Waals surface area (Å²) in [4.78, 5) is 14.8. The normalized spacial score (nSPS) is 24.5. The van der Waals surface area contributed by atoms with E-state index in [-0.39, 0.29) is 12.8 Å². The second-order valence-corrected chi connectivity index (χ2v) is 7.28. The zero-order valence-electron chi connectivity index (χ0n) is 14.2. The molecule has 24 heavy (non-hydrogen) atoms. The molecule has 2 atom stereocenters. The van der Waals surface area contributed by atoms with E-state index in [0.717, 1.165) is 23.0 Å². The lowest BCUT2D eigenvalue weighted by atomic mass is 9.85. The molecule has 0 aromatic heterocycles. The second-order valence-electron chi connectivity index (χ2n) is 6.43. The van der Waals surface area contributed by atoms with Gasteiger partial charge in [0.05, 0.1) is 7.11 Å². The Balaban J connectivity index is 1.95. The number of halogens is 1. The molecule has 5 nitrogen and oxygen atoms in total. The number of hydrogen-bond donors (Lipinski definition) is 0. The maximum absolute atomic E-state index is 12.3. The van der Waals surface area contributed by atoms with Gasteiger partial charge in [0.25, 0.3) is 0 Å². The van der Waals surface area contributed by atoms with Crippen LogP contribution in [0.1, 0.15) is 43.7 Å². The summed E-state index contributed by atoms with van der Waals surface area (Å²) in [6.45, 7) is 1.21. The number of rotatable bonds is 5. The van der Waals surface area contributed by atoms with Crippen molar-refractivity contribution in [2.24, 2.45) is 0 Å². The number of carbonyl (C=O) groups excluding carboxylic acids is 1. The van der Waals surface area contributed by atoms with Crippen LogP contribution in [0.15, 0.2) is 16.6 Å². The van der Waals surface area contributed by atoms with Gasteiger partial charge in [-0.05, 0) is 37.1 Å². The van der Waals surface area contributed by atoms with Crippen LogP contribution in [0.2, 0.25) is 0 Å². The summed E-state index contributed by atoms with van der Waals surface area (Å²) in [5.41, 5.74) is 1.09. The lowest BCUT2D eigenvalue weighted by molar-refractivity contribution is -0.126. The van der Waals surface area contributed by atoms with Crippen LogP contribution in [0.4, 0.5) is 0 Å². The van der Waals surface area contributed by atoms with Crippen LogP contribution in [0.5, 0.6) is 11.5 Å². The number of hydrogen-bond acceptors (Lipinski definition) is 5. The van der Waals surface area contributed by atoms with Gasteiger partial charge >= 0.3 is 0 Å². The molecule has 0 amide bonds. The first kappa shape index (κ1) is 17.7. The summed E-state index contributed by atoms with van der Waals surface area (Å²) in [7, 11) is 3.20. The van der Waals surface area contributed by atoms with Crippen LogP contribution in [-0.4, -0.2) is 44.3 Å². The van der Waals surface area contributed by atoms with Crippen molar-refractivity contribution in [3.63, 3.8) is 0 Å². The molecule has 0 bridgehead atoms. The van der Waals surface area contributed by atoms with Gasteiger partial charge < -0.3 is 14.2 Å². The number of benzene rings is 1. The van der Waals surface area contributed by atoms with Gasteiger partial charge in [0.1, 0.15) is 5.78 Å². The highest BCUT2D eigenvalue weighted by molar-refractivity contribution is 9.10. The van der Waals surface area contributed by atoms with Gasteiger partial charge in [0.15, 0.2) is 18.3 Å². The summed E-state index contributed by atoms with van der Waals surface area (Å²) in [5, 5.41) is 0. The largest absolute Gasteiger partial charge is 0.493 e. The molecule has 0 spiro atoms. The zero-order chi connectivity index (χ0) is 17.1. The quantitative estimate of drug-likeness (QED) is 0.708. The van der Waals surface area contributed by atoms with Gasteiger partial charge in [-0.3, -0.25) is 9.69 Å². The molecule has 132 valence electrons. The Bertz CT molecular complexity index is 607. The number of ether oxygens (including phenoxy) is 3. The van der Waals surface area contributed by atoms with Crippen molar-refractivity contribution in [1.29, 1.82) is 0 Å². The Labute approximate surface area is 151 Å². The molecule has 2 aliphatic rings. The first-order valence-corrected chi connectivity index (χ1v) is 9.20. The average molecular weight is 398 g/mol. The molecule has 1 aromatic rings. The summed E-state index contributed by atoms with van der Waals surface area (Å²) >= 11 is 3.66. The minimum Gasteiger partial charge on any atom is -0.493 e. The minimum absolute atomic E-state index is 0.0988. The average Bonchev–Trinajstić information content (AvgIpc) is 2.59. The molecule has 2 heterocycles. The first-order valence-electron chi connectivity index (χ1n) is 8.40. The summed E-state index contributed by atoms with van der Waals surface area (Å²) < 4.78 is 17.0. The number of Topliss-reactive ketones (excluding diaryl/α,β-unsaturated/α-hetero) is 1. The Morgan fingerprint density at radius 3 is 2.79 bits per heavy atom. The number of methoxy groups -OCH3 is 2. The highest BCUT2D eigenvalue weighted by atomic mass is 79.9. The first-order chi connectivity index (χ1) is 11.6. The van der Waals surface area contributed by atoms with Crippen LogP contribution < -0.4 is 9.47 Å². The van der Waals surface area contributed by atoms with Gasteiger partial charge in [-0.2, -0.15) is 0 Å². The fourth-order valence-corrected chi connectivity index (χ4v) is 4.41. The van der Waals surface area contributed by atoms with Crippen molar-refractivity contribution in [3.05, 3.63) is 22.2 Å². The van der Waals surface area contributed by atoms with Crippen LogP contribution in [-0.2, 0) is 9.53 Å². The topological polar surface area (TPSA) is 48.0 Å². The smallest absolute Gasteiger partial charge is 0.188 e. The molecule has 2 aliphatic heterocycles. The Kier molecular flexibility index (Phi) is 5.79. The van der Waals surface area contributed by atoms with Crippen LogP contribution in [0, 0.1) is 0 Å². The SMILES string of the molecule is COCOc1cc([C@@H]2CC(=O)C[C@H]3CCCCN32)c(Br)cc1OC. The molecule has 0 radical (unpaired) electrons. The minimum atomic E-state index is 0.0988. The molecular weight excluding hydrogens is 374 g/mol. The summed E-state index contributed by atoms with van der Waals surface area (Å²) in [5.74, 6) is 1.65. The van der Waals surface area contributed by atoms with Crippen molar-refractivity contribution in [2.75, 3.05) is 27.6 Å². The van der Waals surface area contributed by atoms with E-state index in [9.17, 15) is 4.79 Å². The fraction of sp³-hybridized carbons (Fsp3) is 0.611. The summed E-state index contributed by atoms with van der Waals surface area (Å²) in [6, 6.07) is 4.37. The zero-order valence-corrected chi connectivity index (χ0v) is 15.8. The van der Waals surface area contributed by atoms with E-state index in [0.29, 0.717) is 36.2 Å². The van der Waals surface area contributed by atoms with Gasteiger partial charge in [-0.15, -0.1) is 0 Å². The molecular formula is C18H24BrNO4. The molecule has 1 aromatic carbocycles. The van der Waals surface area contributed by atoms with Crippen molar-refractivity contribution in [1.82, 2.24) is 4.90 Å². The Morgan fingerprint density at radius 2 is 2.04 bits per heavy atom. The standard InChI is InChI=1S/C18H24BrNO4/c1-22-11-24-18-9-14(15(19)10-17(18)23-2)16-8-13(21)7-12-5-3-4-6-20(12)16/h9-10,12,16H,3-8,11H2,1-2H3/t12-,16+/m1/s1. The molecule has 0 N–H and O–H groups in total. The van der Waals surface area contributed by atoms with Crippen LogP contribution >= 0.6 is 15.9 Å². The summed E-state index contributed by atoms with van der Waals surface area (Å²) in [6.07, 6.45) is 4.78. The van der Waals surface area contributed by atoms with Crippen molar-refractivity contribution < 1.29 is 19.0 Å². The van der Waals surface area contributed by atoms with Gasteiger partial charge in [0, 0.05) is 36.5 Å². The number of fused-ring (bicyclic) bond motifs is 1. The predicted molar refractivity (Wildman–Crippen MR) is 94.5 cm³/mol. The third kappa shape index (κ3) is 3.60. The van der Waals surface area contributed by atoms with E-state index in [2.05, 4.69) is 20.8 Å². The fourth-order valence-electron chi connectivity index (χ4n) is 3.82. The molecule has 2 saturated heterocycles. The monoisotopic (exact) mass is 397 g/mol. The van der Waals surface area contributed by atoms with Crippen LogP contribution in [0.3, 0.4) is 0 Å². The lowest BCUT2D eigenvalue weighted by Gasteiger charge is -2.44. The molecule has 0 unspecified atom stereocenters. The maximum Gasteiger partial charge on any atom is 0.188 e. The van der Waals surface area contributed by atoms with Gasteiger partial charge in [-0.1, -0.05) is 22.4 Å². The molecule has 6 heteroatoms. The number of nitrogens with zero attached hydrogens (tertiary/aromatic N) is 1. The second kappa shape index (κ2) is 7.85.